The molecule has 1 heterocycles. The number of unbranched alkanes of at least 4 members (excludes halogenated alkanes) is 1. The third-order valence-corrected chi connectivity index (χ3v) is 3.18. The molecule has 1 aromatic heterocycles. The minimum Gasteiger partial charge on any atom is -0.249 e. The maximum atomic E-state index is 4.40. The summed E-state index contributed by atoms with van der Waals surface area (Å²) < 4.78 is 2.05. The van der Waals surface area contributed by atoms with Crippen molar-refractivity contribution in [3.63, 3.8) is 0 Å². The smallest absolute Gasteiger partial charge is 0.0725 e. The Kier molecular flexibility index (Phi) is 6.63. The van der Waals surface area contributed by atoms with Crippen molar-refractivity contribution in [2.75, 3.05) is 0 Å². The first-order valence-corrected chi connectivity index (χ1v) is 7.16. The Morgan fingerprint density at radius 2 is 2.00 bits per heavy atom. The molecular weight excluding hydrogens is 230 g/mol. The van der Waals surface area contributed by atoms with E-state index in [-0.39, 0.29) is 0 Å². The van der Waals surface area contributed by atoms with Gasteiger partial charge in [0.1, 0.15) is 0 Å². The van der Waals surface area contributed by atoms with E-state index in [2.05, 4.69) is 48.4 Å². The van der Waals surface area contributed by atoms with Crippen LogP contribution in [-0.2, 0) is 13.0 Å². The van der Waals surface area contributed by atoms with Crippen molar-refractivity contribution in [2.45, 2.75) is 64.7 Å². The standard InChI is InChI=1S/C13H25N3S/c1-11(2)6-4-5-9-16-13(10-14-15-16)8-7-12(3)17/h10-12,17H,4-9H2,1-3H3. The van der Waals surface area contributed by atoms with Gasteiger partial charge in [-0.1, -0.05) is 38.8 Å². The van der Waals surface area contributed by atoms with Crippen LogP contribution in [0.2, 0.25) is 0 Å². The van der Waals surface area contributed by atoms with Crippen LogP contribution in [0.1, 0.15) is 52.1 Å². The first-order chi connectivity index (χ1) is 8.09. The lowest BCUT2D eigenvalue weighted by Crippen LogP contribution is -2.07. The van der Waals surface area contributed by atoms with Crippen LogP contribution < -0.4 is 0 Å². The summed E-state index contributed by atoms with van der Waals surface area (Å²) in [5, 5.41) is 8.60. The summed E-state index contributed by atoms with van der Waals surface area (Å²) in [7, 11) is 0. The van der Waals surface area contributed by atoms with Crippen LogP contribution in [0.5, 0.6) is 0 Å². The highest BCUT2D eigenvalue weighted by molar-refractivity contribution is 7.80. The first kappa shape index (κ1) is 14.6. The molecule has 0 fully saturated rings. The fourth-order valence-electron chi connectivity index (χ4n) is 1.83. The second kappa shape index (κ2) is 7.75. The fraction of sp³-hybridized carbons (Fsp3) is 0.846. The van der Waals surface area contributed by atoms with Crippen LogP contribution in [0.4, 0.5) is 0 Å². The largest absolute Gasteiger partial charge is 0.249 e. The molecule has 1 aromatic rings. The third kappa shape index (κ3) is 6.10. The predicted octanol–water partition coefficient (Wildman–Crippen LogP) is 3.36. The number of aromatic nitrogens is 3. The van der Waals surface area contributed by atoms with E-state index >= 15 is 0 Å². The van der Waals surface area contributed by atoms with E-state index in [0.29, 0.717) is 5.25 Å². The van der Waals surface area contributed by atoms with Gasteiger partial charge in [0.05, 0.1) is 11.9 Å². The number of thiol groups is 1. The first-order valence-electron chi connectivity index (χ1n) is 6.65. The summed E-state index contributed by atoms with van der Waals surface area (Å²) in [4.78, 5) is 0. The normalized spacial score (nSPS) is 13.2. The lowest BCUT2D eigenvalue weighted by Gasteiger charge is -2.08. The summed E-state index contributed by atoms with van der Waals surface area (Å²) in [5.74, 6) is 0.801. The van der Waals surface area contributed by atoms with Crippen molar-refractivity contribution in [1.29, 1.82) is 0 Å². The quantitative estimate of drug-likeness (QED) is 0.570. The Balaban J connectivity index is 2.30. The molecule has 0 spiro atoms. The second-order valence-electron chi connectivity index (χ2n) is 5.23. The van der Waals surface area contributed by atoms with E-state index in [0.717, 1.165) is 25.3 Å². The van der Waals surface area contributed by atoms with Crippen molar-refractivity contribution in [3.05, 3.63) is 11.9 Å². The molecule has 1 atom stereocenters. The van der Waals surface area contributed by atoms with Crippen molar-refractivity contribution < 1.29 is 0 Å². The van der Waals surface area contributed by atoms with Gasteiger partial charge in [-0.3, -0.25) is 0 Å². The van der Waals surface area contributed by atoms with Gasteiger partial charge in [0, 0.05) is 6.54 Å². The number of hydrogen-bond donors (Lipinski definition) is 1. The molecule has 0 bridgehead atoms. The van der Waals surface area contributed by atoms with E-state index in [1.54, 1.807) is 0 Å². The monoisotopic (exact) mass is 255 g/mol. The van der Waals surface area contributed by atoms with E-state index in [4.69, 9.17) is 0 Å². The molecule has 17 heavy (non-hydrogen) atoms. The van der Waals surface area contributed by atoms with E-state index in [1.165, 1.54) is 25.0 Å². The molecule has 0 amide bonds. The highest BCUT2D eigenvalue weighted by Gasteiger charge is 2.05. The van der Waals surface area contributed by atoms with E-state index in [1.807, 2.05) is 6.20 Å². The highest BCUT2D eigenvalue weighted by Crippen LogP contribution is 2.10. The van der Waals surface area contributed by atoms with Crippen LogP contribution in [0.15, 0.2) is 6.20 Å². The second-order valence-corrected chi connectivity index (χ2v) is 6.11. The van der Waals surface area contributed by atoms with Crippen molar-refractivity contribution in [3.8, 4) is 0 Å². The summed E-state index contributed by atoms with van der Waals surface area (Å²) in [5.41, 5.74) is 1.25. The summed E-state index contributed by atoms with van der Waals surface area (Å²) in [6.45, 7) is 7.67. The minimum atomic E-state index is 0.444. The van der Waals surface area contributed by atoms with Crippen molar-refractivity contribution in [2.24, 2.45) is 5.92 Å². The molecule has 1 rings (SSSR count). The Bertz CT molecular complexity index is 307. The van der Waals surface area contributed by atoms with Crippen molar-refractivity contribution >= 4 is 12.6 Å². The zero-order valence-corrected chi connectivity index (χ0v) is 12.2. The number of aryl methyl sites for hydroxylation is 2. The molecule has 0 aliphatic carbocycles. The van der Waals surface area contributed by atoms with Crippen LogP contribution in [0, 0.1) is 5.92 Å². The van der Waals surface area contributed by atoms with Gasteiger partial charge in [-0.05, 0) is 30.4 Å². The minimum absolute atomic E-state index is 0.444. The molecule has 0 aromatic carbocycles. The molecule has 0 N–H and O–H groups in total. The highest BCUT2D eigenvalue weighted by atomic mass is 32.1. The van der Waals surface area contributed by atoms with Crippen molar-refractivity contribution in [1.82, 2.24) is 15.0 Å². The van der Waals surface area contributed by atoms with Crippen LogP contribution in [0.25, 0.3) is 0 Å². The van der Waals surface area contributed by atoms with Gasteiger partial charge in [-0.15, -0.1) is 5.10 Å². The average Bonchev–Trinajstić information content (AvgIpc) is 2.68. The molecule has 0 radical (unpaired) electrons. The predicted molar refractivity (Wildman–Crippen MR) is 75.5 cm³/mol. The molecule has 1 unspecified atom stereocenters. The number of rotatable bonds is 8. The lowest BCUT2D eigenvalue weighted by atomic mass is 10.1. The van der Waals surface area contributed by atoms with Gasteiger partial charge >= 0.3 is 0 Å². The molecule has 0 aliphatic heterocycles. The average molecular weight is 255 g/mol. The van der Waals surface area contributed by atoms with Crippen LogP contribution in [0.3, 0.4) is 0 Å². The Hall–Kier alpha value is -0.510. The maximum absolute atomic E-state index is 4.40. The summed E-state index contributed by atoms with van der Waals surface area (Å²) in [6, 6.07) is 0. The summed E-state index contributed by atoms with van der Waals surface area (Å²) >= 11 is 4.40. The molecular formula is C13H25N3S. The van der Waals surface area contributed by atoms with Gasteiger partial charge in [-0.2, -0.15) is 12.6 Å². The molecule has 3 nitrogen and oxygen atoms in total. The zero-order valence-electron chi connectivity index (χ0n) is 11.3. The van der Waals surface area contributed by atoms with Crippen LogP contribution in [-0.4, -0.2) is 20.2 Å². The maximum Gasteiger partial charge on any atom is 0.0725 e. The van der Waals surface area contributed by atoms with Gasteiger partial charge < -0.3 is 0 Å². The topological polar surface area (TPSA) is 30.7 Å². The molecule has 4 heteroatoms. The molecule has 0 aliphatic rings. The van der Waals surface area contributed by atoms with E-state index < -0.39 is 0 Å². The lowest BCUT2D eigenvalue weighted by molar-refractivity contribution is 0.475. The Morgan fingerprint density at radius 1 is 1.24 bits per heavy atom. The Morgan fingerprint density at radius 3 is 2.65 bits per heavy atom. The number of nitrogens with zero attached hydrogens (tertiary/aromatic N) is 3. The molecule has 0 saturated carbocycles. The van der Waals surface area contributed by atoms with Crippen LogP contribution >= 0.6 is 12.6 Å². The SMILES string of the molecule is CC(C)CCCCn1nncc1CCC(C)S. The van der Waals surface area contributed by atoms with Gasteiger partial charge in [-0.25, -0.2) is 4.68 Å². The van der Waals surface area contributed by atoms with Gasteiger partial charge in [0.15, 0.2) is 0 Å². The zero-order chi connectivity index (χ0) is 12.7. The number of hydrogen-bond acceptors (Lipinski definition) is 3. The van der Waals surface area contributed by atoms with Gasteiger partial charge in [0.25, 0.3) is 0 Å². The third-order valence-electron chi connectivity index (χ3n) is 2.92. The molecule has 0 saturated heterocycles. The van der Waals surface area contributed by atoms with Gasteiger partial charge in [0.2, 0.25) is 0 Å². The fourth-order valence-corrected chi connectivity index (χ4v) is 1.96. The Labute approximate surface area is 110 Å². The van der Waals surface area contributed by atoms with E-state index in [9.17, 15) is 0 Å². The molecule has 98 valence electrons. The summed E-state index contributed by atoms with van der Waals surface area (Å²) in [6.07, 6.45) is 7.78.